The van der Waals surface area contributed by atoms with E-state index in [4.69, 9.17) is 14.5 Å². The monoisotopic (exact) mass is 361 g/mol. The molecule has 7 nitrogen and oxygen atoms in total. The largest absolute Gasteiger partial charge is 0.383 e. The van der Waals surface area contributed by atoms with E-state index in [9.17, 15) is 0 Å². The molecule has 2 atom stereocenters. The Morgan fingerprint density at radius 3 is 2.88 bits per heavy atom. The molecule has 1 aromatic rings. The predicted octanol–water partition coefficient (Wildman–Crippen LogP) is 1.22. The normalized spacial score (nSPS) is 22.5. The molecule has 7 heteroatoms. The first-order valence-corrected chi connectivity index (χ1v) is 9.55. The van der Waals surface area contributed by atoms with E-state index in [-0.39, 0.29) is 6.04 Å². The van der Waals surface area contributed by atoms with Crippen molar-refractivity contribution in [3.63, 3.8) is 0 Å². The van der Waals surface area contributed by atoms with Gasteiger partial charge in [0, 0.05) is 64.6 Å². The van der Waals surface area contributed by atoms with Gasteiger partial charge in [0.15, 0.2) is 5.96 Å². The van der Waals surface area contributed by atoms with Gasteiger partial charge in [0.1, 0.15) is 5.82 Å². The number of anilines is 1. The zero-order valence-corrected chi connectivity index (χ0v) is 15.9. The third-order valence-electron chi connectivity index (χ3n) is 4.87. The van der Waals surface area contributed by atoms with Crippen LogP contribution >= 0.6 is 0 Å². The minimum absolute atomic E-state index is 0.229. The van der Waals surface area contributed by atoms with Crippen molar-refractivity contribution < 1.29 is 9.47 Å². The molecule has 0 bridgehead atoms. The number of pyridine rings is 1. The van der Waals surface area contributed by atoms with Crippen molar-refractivity contribution in [3.05, 3.63) is 24.4 Å². The van der Waals surface area contributed by atoms with Crippen molar-refractivity contribution in [2.45, 2.75) is 19.4 Å². The Kier molecular flexibility index (Phi) is 7.08. The lowest BCUT2D eigenvalue weighted by Crippen LogP contribution is -2.54. The first-order chi connectivity index (χ1) is 12.8. The first kappa shape index (κ1) is 18.9. The summed E-state index contributed by atoms with van der Waals surface area (Å²) in [4.78, 5) is 14.1. The summed E-state index contributed by atoms with van der Waals surface area (Å²) in [6.45, 7) is 9.08. The van der Waals surface area contributed by atoms with E-state index < -0.39 is 0 Å². The van der Waals surface area contributed by atoms with Crippen molar-refractivity contribution in [1.82, 2.24) is 15.2 Å². The van der Waals surface area contributed by atoms with Crippen LogP contribution in [0.4, 0.5) is 5.82 Å². The molecule has 1 N–H and O–H groups in total. The summed E-state index contributed by atoms with van der Waals surface area (Å²) < 4.78 is 10.8. The van der Waals surface area contributed by atoms with Gasteiger partial charge in [-0.05, 0) is 25.5 Å². The molecule has 1 unspecified atom stereocenters. The fourth-order valence-corrected chi connectivity index (χ4v) is 3.38. The number of aliphatic imine (C=N–C) groups is 1. The van der Waals surface area contributed by atoms with Gasteiger partial charge < -0.3 is 24.6 Å². The number of aromatic nitrogens is 1. The van der Waals surface area contributed by atoms with Gasteiger partial charge in [-0.1, -0.05) is 6.07 Å². The van der Waals surface area contributed by atoms with Crippen molar-refractivity contribution in [3.8, 4) is 0 Å². The summed E-state index contributed by atoms with van der Waals surface area (Å²) in [5.74, 6) is 2.58. The molecule has 0 saturated carbocycles. The summed E-state index contributed by atoms with van der Waals surface area (Å²) in [5, 5.41) is 3.54. The standard InChI is InChI=1S/C19H31N5O2/c1-16(14-25-2)22-19(21-13-17-6-12-26-15-17)24-10-8-23(9-11-24)18-5-3-4-7-20-18/h3-5,7,16-17H,6,8-15H2,1-2H3,(H,21,22)/t16?,17-/m0/s1. The Morgan fingerprint density at radius 1 is 1.38 bits per heavy atom. The summed E-state index contributed by atoms with van der Waals surface area (Å²) in [7, 11) is 1.73. The number of rotatable bonds is 6. The summed E-state index contributed by atoms with van der Waals surface area (Å²) >= 11 is 0. The molecule has 2 fully saturated rings. The number of guanidine groups is 1. The number of piperazine rings is 1. The van der Waals surface area contributed by atoms with E-state index in [0.29, 0.717) is 12.5 Å². The van der Waals surface area contributed by atoms with Crippen LogP contribution in [0.25, 0.3) is 0 Å². The average Bonchev–Trinajstić information content (AvgIpc) is 3.20. The van der Waals surface area contributed by atoms with Crippen LogP contribution in [0.3, 0.4) is 0 Å². The number of methoxy groups -OCH3 is 1. The highest BCUT2D eigenvalue weighted by Gasteiger charge is 2.22. The number of hydrogen-bond donors (Lipinski definition) is 1. The lowest BCUT2D eigenvalue weighted by atomic mass is 10.1. The Bertz CT molecular complexity index is 554. The van der Waals surface area contributed by atoms with Crippen LogP contribution in [0, 0.1) is 5.92 Å². The zero-order valence-electron chi connectivity index (χ0n) is 15.9. The van der Waals surface area contributed by atoms with Gasteiger partial charge in [-0.3, -0.25) is 4.99 Å². The second kappa shape index (κ2) is 9.73. The Labute approximate surface area is 156 Å². The van der Waals surface area contributed by atoms with E-state index in [0.717, 1.165) is 64.1 Å². The molecule has 0 aliphatic carbocycles. The molecule has 2 aliphatic rings. The Hall–Kier alpha value is -1.86. The van der Waals surface area contributed by atoms with E-state index in [1.165, 1.54) is 0 Å². The second-order valence-electron chi connectivity index (χ2n) is 7.06. The number of hydrogen-bond acceptors (Lipinski definition) is 5. The molecule has 144 valence electrons. The maximum atomic E-state index is 5.48. The van der Waals surface area contributed by atoms with Crippen LogP contribution in [0.5, 0.6) is 0 Å². The topological polar surface area (TPSA) is 62.2 Å². The minimum atomic E-state index is 0.229. The molecule has 0 amide bonds. The molecular formula is C19H31N5O2. The van der Waals surface area contributed by atoms with Crippen molar-refractivity contribution in [1.29, 1.82) is 0 Å². The van der Waals surface area contributed by atoms with Gasteiger partial charge in [-0.2, -0.15) is 0 Å². The molecule has 1 aromatic heterocycles. The fourth-order valence-electron chi connectivity index (χ4n) is 3.38. The number of nitrogens with zero attached hydrogens (tertiary/aromatic N) is 4. The maximum absolute atomic E-state index is 5.48. The third-order valence-corrected chi connectivity index (χ3v) is 4.87. The number of nitrogens with one attached hydrogen (secondary N) is 1. The van der Waals surface area contributed by atoms with Crippen LogP contribution in [0.1, 0.15) is 13.3 Å². The van der Waals surface area contributed by atoms with E-state index in [1.807, 2.05) is 18.3 Å². The van der Waals surface area contributed by atoms with Crippen LogP contribution in [0.15, 0.2) is 29.4 Å². The summed E-state index contributed by atoms with van der Waals surface area (Å²) in [6, 6.07) is 6.30. The molecule has 3 rings (SSSR count). The summed E-state index contributed by atoms with van der Waals surface area (Å²) in [5.41, 5.74) is 0. The highest BCUT2D eigenvalue weighted by atomic mass is 16.5. The van der Waals surface area contributed by atoms with Gasteiger partial charge in [0.05, 0.1) is 13.2 Å². The van der Waals surface area contributed by atoms with Gasteiger partial charge in [0.25, 0.3) is 0 Å². The zero-order chi connectivity index (χ0) is 18.2. The second-order valence-corrected chi connectivity index (χ2v) is 7.06. The fraction of sp³-hybridized carbons (Fsp3) is 0.684. The van der Waals surface area contributed by atoms with Crippen LogP contribution in [-0.2, 0) is 9.47 Å². The molecule has 3 heterocycles. The molecule has 2 saturated heterocycles. The van der Waals surface area contributed by atoms with Crippen LogP contribution in [-0.4, -0.2) is 81.5 Å². The first-order valence-electron chi connectivity index (χ1n) is 9.55. The SMILES string of the molecule is COCC(C)NC(=NC[C@@H]1CCOC1)N1CCN(c2ccccn2)CC1. The van der Waals surface area contributed by atoms with Crippen LogP contribution in [0.2, 0.25) is 0 Å². The molecule has 2 aliphatic heterocycles. The molecule has 0 radical (unpaired) electrons. The van der Waals surface area contributed by atoms with Crippen molar-refractivity contribution >= 4 is 11.8 Å². The van der Waals surface area contributed by atoms with E-state index in [2.05, 4.69) is 33.1 Å². The predicted molar refractivity (Wildman–Crippen MR) is 104 cm³/mol. The van der Waals surface area contributed by atoms with Crippen molar-refractivity contribution in [2.24, 2.45) is 10.9 Å². The lowest BCUT2D eigenvalue weighted by Gasteiger charge is -2.38. The molecular weight excluding hydrogens is 330 g/mol. The van der Waals surface area contributed by atoms with Gasteiger partial charge in [-0.25, -0.2) is 4.98 Å². The van der Waals surface area contributed by atoms with Crippen molar-refractivity contribution in [2.75, 3.05) is 64.6 Å². The summed E-state index contributed by atoms with van der Waals surface area (Å²) in [6.07, 6.45) is 2.96. The van der Waals surface area contributed by atoms with Gasteiger partial charge >= 0.3 is 0 Å². The Balaban J connectivity index is 1.59. The molecule has 0 aromatic carbocycles. The van der Waals surface area contributed by atoms with Crippen LogP contribution < -0.4 is 10.2 Å². The van der Waals surface area contributed by atoms with Gasteiger partial charge in [0.2, 0.25) is 0 Å². The quantitative estimate of drug-likeness (QED) is 0.607. The lowest BCUT2D eigenvalue weighted by molar-refractivity contribution is 0.177. The van der Waals surface area contributed by atoms with E-state index in [1.54, 1.807) is 7.11 Å². The highest BCUT2D eigenvalue weighted by Crippen LogP contribution is 2.15. The van der Waals surface area contributed by atoms with Gasteiger partial charge in [-0.15, -0.1) is 0 Å². The maximum Gasteiger partial charge on any atom is 0.194 e. The molecule has 0 spiro atoms. The molecule has 26 heavy (non-hydrogen) atoms. The Morgan fingerprint density at radius 2 is 2.23 bits per heavy atom. The minimum Gasteiger partial charge on any atom is -0.383 e. The van der Waals surface area contributed by atoms with E-state index >= 15 is 0 Å². The highest BCUT2D eigenvalue weighted by molar-refractivity contribution is 5.80. The smallest absolute Gasteiger partial charge is 0.194 e. The third kappa shape index (κ3) is 5.32. The average molecular weight is 361 g/mol. The number of ether oxygens (including phenoxy) is 2.